The van der Waals surface area contributed by atoms with Crippen LogP contribution in [-0.4, -0.2) is 225 Å². The molecule has 0 amide bonds. The molecule has 33 heteroatoms. The topological polar surface area (TPSA) is 398 Å². The Hall–Kier alpha value is -5.51. The molecular formula is C62H85N2O26S5+. The second kappa shape index (κ2) is 35.8. The molecule has 28 nitrogen and oxygen atoms in total. The number of anilines is 1. The molecule has 0 fully saturated rings. The third kappa shape index (κ3) is 22.2. The van der Waals surface area contributed by atoms with Gasteiger partial charge in [-0.1, -0.05) is 42.9 Å². The van der Waals surface area contributed by atoms with Gasteiger partial charge in [-0.2, -0.15) is 46.7 Å². The van der Waals surface area contributed by atoms with Gasteiger partial charge in [0.2, 0.25) is 5.69 Å². The zero-order valence-corrected chi connectivity index (χ0v) is 57.4. The Morgan fingerprint density at radius 1 is 0.495 bits per heavy atom. The number of aliphatic carboxylic acids is 1. The molecule has 4 aromatic rings. The minimum absolute atomic E-state index is 0.0230. The smallest absolute Gasteiger partial charge is 0.303 e. The van der Waals surface area contributed by atoms with Gasteiger partial charge in [-0.25, -0.2) is 0 Å². The summed E-state index contributed by atoms with van der Waals surface area (Å²) in [6.45, 7) is 8.26. The Bertz CT molecular complexity index is 4060. The first-order valence-corrected chi connectivity index (χ1v) is 37.7. The average molecular weight is 1430 g/mol. The summed E-state index contributed by atoms with van der Waals surface area (Å²) >= 11 is 0. The lowest BCUT2D eigenvalue weighted by molar-refractivity contribution is -0.442. The van der Waals surface area contributed by atoms with Crippen LogP contribution in [0.2, 0.25) is 0 Å². The van der Waals surface area contributed by atoms with Crippen LogP contribution in [0.3, 0.4) is 0 Å². The largest absolute Gasteiger partial charge is 0.481 e. The number of carboxylic acids is 1. The van der Waals surface area contributed by atoms with Gasteiger partial charge in [0.1, 0.15) is 16.4 Å². The summed E-state index contributed by atoms with van der Waals surface area (Å²) in [5, 5.41) is 9.31. The predicted molar refractivity (Wildman–Crippen MR) is 350 cm³/mol. The van der Waals surface area contributed by atoms with E-state index in [0.717, 1.165) is 18.2 Å². The van der Waals surface area contributed by atoms with Gasteiger partial charge in [0.25, 0.3) is 50.6 Å². The van der Waals surface area contributed by atoms with Crippen molar-refractivity contribution >= 4 is 95.2 Å². The zero-order chi connectivity index (χ0) is 69.7. The van der Waals surface area contributed by atoms with Gasteiger partial charge in [-0.3, -0.25) is 27.6 Å². The fourth-order valence-corrected chi connectivity index (χ4v) is 14.6. The fourth-order valence-electron chi connectivity index (χ4n) is 11.5. The number of benzene rings is 4. The highest BCUT2D eigenvalue weighted by molar-refractivity contribution is 7.87. The second-order valence-electron chi connectivity index (χ2n) is 22.5. The minimum atomic E-state index is -5.15. The third-order valence-electron chi connectivity index (χ3n) is 15.9. The highest BCUT2D eigenvalue weighted by atomic mass is 32.2. The molecule has 0 spiro atoms. The quantitative estimate of drug-likeness (QED) is 0.0115. The van der Waals surface area contributed by atoms with Crippen molar-refractivity contribution in [2.24, 2.45) is 0 Å². The van der Waals surface area contributed by atoms with E-state index in [-0.39, 0.29) is 119 Å². The molecule has 0 radical (unpaired) electrons. The number of rotatable bonds is 45. The molecule has 2 aliphatic rings. The standard InChI is InChI=1S/C62H84N2O26S5/c1-61(21-13-41-91(67,68)69)56(64(24-26-85-32-34-89-39-40-90-38-36-87-30-28-83-4)52-20-19-49-51(59(52)61)43-47(93(73,74)75)44-54(49)94(76,77)78)14-9-6-5-7-10-15-57-62(2,22-25-84-31-33-88-37-35-86-29-27-82-3)60-50-42-46(92(70,71)72)17-18-48(50)55(95(79,80)81)45-53(60)63(57)23-12-8-11-16-58(65)66/h5-7,9-10,14-15,17-20,42-45H,8,11-13,16,21-41H2,1-4H3,(H5-,65,66,67,68,69,70,71,72,73,74,75,76,77,78,79,80,81)/p+1. The van der Waals surface area contributed by atoms with E-state index in [1.54, 1.807) is 69.7 Å². The van der Waals surface area contributed by atoms with E-state index in [4.69, 9.17) is 42.6 Å². The van der Waals surface area contributed by atoms with Crippen molar-refractivity contribution in [2.75, 3.05) is 144 Å². The van der Waals surface area contributed by atoms with Gasteiger partial charge in [0, 0.05) is 79.1 Å². The second-order valence-corrected chi connectivity index (χ2v) is 29.7. The summed E-state index contributed by atoms with van der Waals surface area (Å²) < 4.78 is 231. The van der Waals surface area contributed by atoms with Crippen LogP contribution in [0.1, 0.15) is 69.9 Å². The highest BCUT2D eigenvalue weighted by Gasteiger charge is 2.50. The molecule has 0 saturated carbocycles. The van der Waals surface area contributed by atoms with Crippen molar-refractivity contribution < 1.29 is 122 Å². The van der Waals surface area contributed by atoms with Gasteiger partial charge in [-0.05, 0) is 105 Å². The Morgan fingerprint density at radius 2 is 0.979 bits per heavy atom. The molecular weight excluding hydrogens is 1350 g/mol. The third-order valence-corrected chi connectivity index (χ3v) is 20.2. The maximum atomic E-state index is 13.2. The first-order chi connectivity index (χ1) is 44.9. The van der Waals surface area contributed by atoms with Crippen LogP contribution in [0, 0.1) is 0 Å². The summed E-state index contributed by atoms with van der Waals surface area (Å²) in [6.07, 6.45) is 12.7. The van der Waals surface area contributed by atoms with Crippen molar-refractivity contribution in [3.8, 4) is 0 Å². The van der Waals surface area contributed by atoms with Gasteiger partial charge < -0.3 is 52.6 Å². The van der Waals surface area contributed by atoms with E-state index in [0.29, 0.717) is 106 Å². The number of hydrogen-bond donors (Lipinski definition) is 6. The van der Waals surface area contributed by atoms with E-state index < -0.39 is 92.7 Å². The lowest BCUT2D eigenvalue weighted by atomic mass is 9.74. The number of fused-ring (bicyclic) bond motifs is 6. The van der Waals surface area contributed by atoms with E-state index in [1.807, 2.05) is 16.4 Å². The van der Waals surface area contributed by atoms with Crippen LogP contribution in [0.25, 0.3) is 21.5 Å². The van der Waals surface area contributed by atoms with Crippen molar-refractivity contribution in [3.63, 3.8) is 0 Å². The fraction of sp³-hybridized carbons (Fsp3) is 0.516. The Balaban J connectivity index is 1.41. The Kier molecular flexibility index (Phi) is 29.6. The lowest BCUT2D eigenvalue weighted by Crippen LogP contribution is -2.33. The molecule has 0 saturated heterocycles. The molecule has 528 valence electrons. The molecule has 0 bridgehead atoms. The number of hydrogen-bond acceptors (Lipinski definition) is 21. The normalized spacial score (nSPS) is 17.7. The summed E-state index contributed by atoms with van der Waals surface area (Å²) in [6, 6.07) is 9.24. The molecule has 2 aliphatic heterocycles. The molecule has 6 rings (SSSR count). The maximum absolute atomic E-state index is 13.2. The summed E-state index contributed by atoms with van der Waals surface area (Å²) in [7, 11) is -21.5. The van der Waals surface area contributed by atoms with Gasteiger partial charge >= 0.3 is 5.97 Å². The molecule has 2 atom stereocenters. The van der Waals surface area contributed by atoms with Crippen LogP contribution < -0.4 is 4.90 Å². The van der Waals surface area contributed by atoms with Crippen LogP contribution in [0.4, 0.5) is 11.4 Å². The highest BCUT2D eigenvalue weighted by Crippen LogP contribution is 2.55. The summed E-state index contributed by atoms with van der Waals surface area (Å²) in [5.41, 5.74) is -0.0612. The molecule has 6 N–H and O–H groups in total. The number of ether oxygens (including phenoxy) is 9. The predicted octanol–water partition coefficient (Wildman–Crippen LogP) is 6.78. The number of allylic oxidation sites excluding steroid dienone is 8. The van der Waals surface area contributed by atoms with E-state index in [1.165, 1.54) is 18.2 Å². The zero-order valence-electron chi connectivity index (χ0n) is 53.3. The van der Waals surface area contributed by atoms with Crippen LogP contribution in [0.15, 0.2) is 116 Å². The first-order valence-electron chi connectivity index (χ1n) is 30.3. The van der Waals surface area contributed by atoms with E-state index in [9.17, 15) is 74.8 Å². The van der Waals surface area contributed by atoms with Crippen molar-refractivity contribution in [1.82, 2.24) is 0 Å². The molecule has 0 aromatic heterocycles. The van der Waals surface area contributed by atoms with Crippen molar-refractivity contribution in [3.05, 3.63) is 108 Å². The number of carbonyl (C=O) groups is 1. The monoisotopic (exact) mass is 1430 g/mol. The average Bonchev–Trinajstić information content (AvgIpc) is 1.59. The van der Waals surface area contributed by atoms with Crippen molar-refractivity contribution in [2.45, 2.75) is 89.2 Å². The molecule has 2 unspecified atom stereocenters. The van der Waals surface area contributed by atoms with Crippen LogP contribution in [0.5, 0.6) is 0 Å². The number of carboxylic acid groups (broad SMARTS) is 1. The van der Waals surface area contributed by atoms with Crippen molar-refractivity contribution in [1.29, 1.82) is 0 Å². The number of unbranched alkanes of at least 4 members (excludes halogenated alkanes) is 2. The van der Waals surface area contributed by atoms with Crippen LogP contribution >= 0.6 is 0 Å². The molecule has 95 heavy (non-hydrogen) atoms. The number of nitrogens with zero attached hydrogens (tertiary/aromatic N) is 2. The Morgan fingerprint density at radius 3 is 1.51 bits per heavy atom. The number of methoxy groups -OCH3 is 2. The first kappa shape index (κ1) is 78.5. The Labute approximate surface area is 554 Å². The maximum Gasteiger partial charge on any atom is 0.303 e. The summed E-state index contributed by atoms with van der Waals surface area (Å²) in [4.78, 5) is 10.5. The minimum Gasteiger partial charge on any atom is -0.481 e. The van der Waals surface area contributed by atoms with E-state index >= 15 is 0 Å². The van der Waals surface area contributed by atoms with Gasteiger partial charge in [0.15, 0.2) is 12.3 Å². The van der Waals surface area contributed by atoms with Crippen LogP contribution in [-0.2, 0) is 109 Å². The summed E-state index contributed by atoms with van der Waals surface area (Å²) in [5.74, 6) is -1.70. The molecule has 4 aromatic carbocycles. The lowest BCUT2D eigenvalue weighted by Gasteiger charge is -2.31. The van der Waals surface area contributed by atoms with Gasteiger partial charge in [0.05, 0.1) is 113 Å². The van der Waals surface area contributed by atoms with E-state index in [2.05, 4.69) is 0 Å². The molecule has 2 heterocycles. The SMILES string of the molecule is COCCOCCOCCOCCOCC[N+]1=C(/C=C/C=C/C=C/C=C2/N(CCCCCC(=O)O)c3cc(S(=O)(=O)O)c4ccc(S(=O)(=O)O)cc4c3C2(C)CCOCCOCCOCCOC)C(C)(CCCS(=O)(=O)O)c2c1ccc1c(S(=O)(=O)O)cc(S(=O)(=O)O)cc21. The molecule has 0 aliphatic carbocycles. The van der Waals surface area contributed by atoms with Gasteiger partial charge in [-0.15, -0.1) is 0 Å².